The predicted molar refractivity (Wildman–Crippen MR) is 65.2 cm³/mol. The number of hydrogen-bond donors (Lipinski definition) is 0. The lowest BCUT2D eigenvalue weighted by Gasteiger charge is -2.40. The van der Waals surface area contributed by atoms with Crippen molar-refractivity contribution in [2.75, 3.05) is 33.4 Å². The van der Waals surface area contributed by atoms with Gasteiger partial charge in [-0.3, -0.25) is 9.53 Å². The van der Waals surface area contributed by atoms with Crippen LogP contribution < -0.4 is 0 Å². The summed E-state index contributed by atoms with van der Waals surface area (Å²) in [6, 6.07) is -5.78. The van der Waals surface area contributed by atoms with E-state index in [1.165, 1.54) is 0 Å². The normalized spacial score (nSPS) is 20.4. The van der Waals surface area contributed by atoms with Crippen LogP contribution in [0, 0.1) is 0 Å². The lowest BCUT2D eigenvalue weighted by molar-refractivity contribution is -0.462. The largest absolute Gasteiger partial charge is 0.456 e. The van der Waals surface area contributed by atoms with E-state index in [1.54, 1.807) is 0 Å². The Bertz CT molecular complexity index is 604. The van der Waals surface area contributed by atoms with E-state index >= 15 is 0 Å². The minimum atomic E-state index is -7.19. The fourth-order valence-corrected chi connectivity index (χ4v) is 1.96. The second-order valence-electron chi connectivity index (χ2n) is 5.48. The molecule has 1 heterocycles. The highest BCUT2D eigenvalue weighted by molar-refractivity contribution is 5.93. The smallest absolute Gasteiger partial charge is 0.379 e. The van der Waals surface area contributed by atoms with Crippen LogP contribution in [0.3, 0.4) is 0 Å². The Kier molecular flexibility index (Phi) is 6.86. The highest BCUT2D eigenvalue weighted by Crippen LogP contribution is 2.50. The molecule has 0 amide bonds. The molecule has 0 aromatic rings. The van der Waals surface area contributed by atoms with Crippen molar-refractivity contribution >= 4 is 5.78 Å². The molecule has 17 heteroatoms. The number of hydrogen-bond acceptors (Lipinski definition) is 5. The van der Waals surface area contributed by atoms with Crippen LogP contribution in [-0.4, -0.2) is 80.3 Å². The monoisotopic (exact) mass is 461 g/mol. The number of carbonyl (C=O) groups excluding carboxylic acids is 1. The van der Waals surface area contributed by atoms with Crippen LogP contribution in [0.4, 0.5) is 52.7 Å². The first-order chi connectivity index (χ1) is 12.8. The maximum atomic E-state index is 14.0. The van der Waals surface area contributed by atoms with Gasteiger partial charge in [0.2, 0.25) is 0 Å². The topological polar surface area (TPSA) is 48.0 Å². The van der Waals surface area contributed by atoms with Gasteiger partial charge in [-0.1, -0.05) is 0 Å². The molecule has 0 N–H and O–H groups in total. The molecule has 0 aliphatic carbocycles. The van der Waals surface area contributed by atoms with Crippen LogP contribution in [0.25, 0.3) is 0 Å². The number of carbonyl (C=O) groups is 1. The first-order valence-corrected chi connectivity index (χ1v) is 7.18. The van der Waals surface area contributed by atoms with Crippen molar-refractivity contribution in [1.82, 2.24) is 4.90 Å². The molecule has 1 saturated heterocycles. The van der Waals surface area contributed by atoms with E-state index in [1.807, 2.05) is 0 Å². The van der Waals surface area contributed by atoms with Crippen molar-refractivity contribution in [1.29, 1.82) is 0 Å². The molecule has 29 heavy (non-hydrogen) atoms. The van der Waals surface area contributed by atoms with Crippen LogP contribution in [0.2, 0.25) is 0 Å². The summed E-state index contributed by atoms with van der Waals surface area (Å²) in [7, 11) is -0.239. The van der Waals surface area contributed by atoms with Crippen LogP contribution in [-0.2, 0) is 19.0 Å². The number of alkyl halides is 12. The van der Waals surface area contributed by atoms with Gasteiger partial charge in [0, 0.05) is 20.2 Å². The van der Waals surface area contributed by atoms with Crippen molar-refractivity contribution in [2.45, 2.75) is 36.2 Å². The quantitative estimate of drug-likeness (QED) is 0.411. The Morgan fingerprint density at radius 3 is 1.66 bits per heavy atom. The van der Waals surface area contributed by atoms with E-state index in [4.69, 9.17) is 0 Å². The van der Waals surface area contributed by atoms with Gasteiger partial charge in [-0.25, -0.2) is 4.90 Å². The third-order valence-corrected chi connectivity index (χ3v) is 3.59. The zero-order valence-corrected chi connectivity index (χ0v) is 13.9. The molecule has 0 saturated carbocycles. The Hall–Kier alpha value is -1.33. The van der Waals surface area contributed by atoms with E-state index in [0.717, 1.165) is 0 Å². The third-order valence-electron chi connectivity index (χ3n) is 3.59. The van der Waals surface area contributed by atoms with Crippen molar-refractivity contribution in [2.24, 2.45) is 0 Å². The summed E-state index contributed by atoms with van der Waals surface area (Å²) in [5, 5.41) is 0. The second kappa shape index (κ2) is 7.73. The minimum absolute atomic E-state index is 0.239. The van der Waals surface area contributed by atoms with E-state index in [2.05, 4.69) is 14.2 Å². The number of morpholine rings is 1. The molecule has 1 aliphatic heterocycles. The molecule has 172 valence electrons. The highest BCUT2D eigenvalue weighted by Gasteiger charge is 2.80. The summed E-state index contributed by atoms with van der Waals surface area (Å²) in [6.45, 7) is -3.32. The first-order valence-electron chi connectivity index (χ1n) is 7.18. The maximum absolute atomic E-state index is 14.0. The van der Waals surface area contributed by atoms with Crippen LogP contribution in [0.5, 0.6) is 0 Å². The molecular formula is C12H11F12NO4. The van der Waals surface area contributed by atoms with Crippen molar-refractivity contribution in [3.8, 4) is 0 Å². The lowest BCUT2D eigenvalue weighted by Crippen LogP contribution is -2.67. The van der Waals surface area contributed by atoms with E-state index in [-0.39, 0.29) is 7.11 Å². The molecule has 1 aliphatic rings. The van der Waals surface area contributed by atoms with Gasteiger partial charge in [0.05, 0.1) is 13.2 Å². The summed E-state index contributed by atoms with van der Waals surface area (Å²) >= 11 is 0. The van der Waals surface area contributed by atoms with E-state index < -0.39 is 73.2 Å². The summed E-state index contributed by atoms with van der Waals surface area (Å²) in [5.41, 5.74) is 0. The molecule has 0 aromatic heterocycles. The van der Waals surface area contributed by atoms with Crippen molar-refractivity contribution in [3.05, 3.63) is 0 Å². The predicted octanol–water partition coefficient (Wildman–Crippen LogP) is 3.19. The van der Waals surface area contributed by atoms with Gasteiger partial charge >= 0.3 is 36.2 Å². The fraction of sp³-hybridized carbons (Fsp3) is 0.917. The summed E-state index contributed by atoms with van der Waals surface area (Å²) in [6.07, 6.45) is -19.9. The molecule has 5 nitrogen and oxygen atoms in total. The van der Waals surface area contributed by atoms with Gasteiger partial charge in [0.1, 0.15) is 0 Å². The minimum Gasteiger partial charge on any atom is -0.379 e. The Morgan fingerprint density at radius 1 is 0.828 bits per heavy atom. The Balaban J connectivity index is 3.39. The van der Waals surface area contributed by atoms with Crippen molar-refractivity contribution in [3.63, 3.8) is 0 Å². The molecule has 1 fully saturated rings. The lowest BCUT2D eigenvalue weighted by atomic mass is 10.0. The van der Waals surface area contributed by atoms with Gasteiger partial charge in [-0.05, 0) is 0 Å². The van der Waals surface area contributed by atoms with E-state index in [9.17, 15) is 57.5 Å². The summed E-state index contributed by atoms with van der Waals surface area (Å²) in [4.78, 5) is 10.6. The number of Topliss-reactive ketones (excluding diaryl/α,β-unsaturated/α-hetero) is 1. The fourth-order valence-electron chi connectivity index (χ4n) is 1.96. The third kappa shape index (κ3) is 4.41. The number of ether oxygens (including phenoxy) is 3. The molecule has 0 bridgehead atoms. The molecule has 0 aromatic carbocycles. The Morgan fingerprint density at radius 2 is 1.28 bits per heavy atom. The summed E-state index contributed by atoms with van der Waals surface area (Å²) in [5.74, 6) is -18.3. The van der Waals surface area contributed by atoms with Gasteiger partial charge in [-0.15, -0.1) is 0 Å². The van der Waals surface area contributed by atoms with Gasteiger partial charge < -0.3 is 9.47 Å². The molecule has 0 spiro atoms. The number of rotatable bonds is 8. The van der Waals surface area contributed by atoms with Gasteiger partial charge in [-0.2, -0.15) is 52.7 Å². The van der Waals surface area contributed by atoms with Gasteiger partial charge in [0.25, 0.3) is 5.78 Å². The van der Waals surface area contributed by atoms with Crippen molar-refractivity contribution < 1.29 is 71.7 Å². The second-order valence-corrected chi connectivity index (χ2v) is 5.48. The average molecular weight is 461 g/mol. The molecule has 1 unspecified atom stereocenters. The van der Waals surface area contributed by atoms with Crippen LogP contribution >= 0.6 is 0 Å². The van der Waals surface area contributed by atoms with Crippen LogP contribution in [0.15, 0.2) is 0 Å². The molecular weight excluding hydrogens is 450 g/mol. The Labute approximate surface area is 153 Å². The SMILES string of the molecule is COC(F)(F)C(F)(F)C(=O)C(F)(OC(F)(F)C(F)(F)N1CCOCC1)C(F)(F)F. The number of ketones is 1. The average Bonchev–Trinajstić information content (AvgIpc) is 2.59. The highest BCUT2D eigenvalue weighted by atomic mass is 19.4. The summed E-state index contributed by atoms with van der Waals surface area (Å²) < 4.78 is 170. The molecule has 1 atom stereocenters. The zero-order valence-electron chi connectivity index (χ0n) is 13.9. The number of halogens is 12. The maximum Gasteiger partial charge on any atom is 0.456 e. The standard InChI is InChI=1S/C12H11F12NO4/c1-27-11(21,22)7(13,14)6(26)8(15,9(16,17)18)29-12(23,24)10(19,20)25-2-4-28-5-3-25/h2-5H2,1H3. The van der Waals surface area contributed by atoms with Crippen LogP contribution in [0.1, 0.15) is 0 Å². The van der Waals surface area contributed by atoms with Gasteiger partial charge in [0.15, 0.2) is 0 Å². The van der Waals surface area contributed by atoms with E-state index in [0.29, 0.717) is 0 Å². The first kappa shape index (κ1) is 25.7. The number of methoxy groups -OCH3 is 1. The zero-order chi connectivity index (χ0) is 23.1. The number of nitrogens with zero attached hydrogens (tertiary/aromatic N) is 1. The molecule has 0 radical (unpaired) electrons. The molecule has 1 rings (SSSR count).